The maximum Gasteiger partial charge on any atom is 0.261 e. The van der Waals surface area contributed by atoms with Gasteiger partial charge in [0.2, 0.25) is 0 Å². The minimum atomic E-state index is -0.407. The van der Waals surface area contributed by atoms with E-state index in [9.17, 15) is 9.90 Å². The van der Waals surface area contributed by atoms with Crippen LogP contribution in [0.3, 0.4) is 0 Å². The van der Waals surface area contributed by atoms with E-state index in [0.29, 0.717) is 17.3 Å². The molecule has 106 valence electrons. The fourth-order valence-electron chi connectivity index (χ4n) is 2.89. The van der Waals surface area contributed by atoms with Crippen LogP contribution in [0.15, 0.2) is 30.3 Å². The number of rotatable bonds is 4. The second-order valence-corrected chi connectivity index (χ2v) is 6.55. The van der Waals surface area contributed by atoms with Crippen LogP contribution >= 0.6 is 11.3 Å². The average molecular weight is 289 g/mol. The van der Waals surface area contributed by atoms with Crippen LogP contribution in [-0.4, -0.2) is 23.7 Å². The molecule has 1 atom stereocenters. The lowest BCUT2D eigenvalue weighted by atomic mass is 10.0. The highest BCUT2D eigenvalue weighted by atomic mass is 32.1. The van der Waals surface area contributed by atoms with E-state index in [-0.39, 0.29) is 5.91 Å². The molecule has 2 aromatic rings. The molecule has 1 aliphatic carbocycles. The van der Waals surface area contributed by atoms with Crippen molar-refractivity contribution in [2.75, 3.05) is 6.54 Å². The standard InChI is InChI=1S/C16H19NO2S/c18-13(11-5-1-2-6-11)10-17-16(19)15-9-12-7-3-4-8-14(12)20-15/h3-4,7-9,11,13,18H,1-2,5-6,10H2,(H,17,19). The molecule has 2 N–H and O–H groups in total. The molecule has 1 saturated carbocycles. The first-order valence-electron chi connectivity index (χ1n) is 7.19. The van der Waals surface area contributed by atoms with Crippen LogP contribution in [0.1, 0.15) is 35.4 Å². The Morgan fingerprint density at radius 1 is 1.35 bits per heavy atom. The normalized spacial score (nSPS) is 17.4. The summed E-state index contributed by atoms with van der Waals surface area (Å²) in [6.45, 7) is 0.359. The summed E-state index contributed by atoms with van der Waals surface area (Å²) >= 11 is 1.50. The van der Waals surface area contributed by atoms with Gasteiger partial charge < -0.3 is 10.4 Å². The van der Waals surface area contributed by atoms with E-state index in [1.165, 1.54) is 24.2 Å². The van der Waals surface area contributed by atoms with E-state index >= 15 is 0 Å². The van der Waals surface area contributed by atoms with Crippen molar-refractivity contribution in [1.82, 2.24) is 5.32 Å². The number of hydrogen-bond acceptors (Lipinski definition) is 3. The number of nitrogens with one attached hydrogen (secondary N) is 1. The Morgan fingerprint density at radius 2 is 2.10 bits per heavy atom. The number of carbonyl (C=O) groups is 1. The number of amides is 1. The lowest BCUT2D eigenvalue weighted by molar-refractivity contribution is 0.0844. The molecule has 3 nitrogen and oxygen atoms in total. The number of thiophene rings is 1. The summed E-state index contributed by atoms with van der Waals surface area (Å²) in [5.74, 6) is 0.279. The van der Waals surface area contributed by atoms with Gasteiger partial charge in [-0.3, -0.25) is 4.79 Å². The third-order valence-corrected chi connectivity index (χ3v) is 5.18. The number of hydrogen-bond donors (Lipinski definition) is 2. The van der Waals surface area contributed by atoms with Crippen molar-refractivity contribution < 1.29 is 9.90 Å². The van der Waals surface area contributed by atoms with E-state index in [1.807, 2.05) is 30.3 Å². The van der Waals surface area contributed by atoms with Gasteiger partial charge >= 0.3 is 0 Å². The van der Waals surface area contributed by atoms with Gasteiger partial charge in [0.15, 0.2) is 0 Å². The topological polar surface area (TPSA) is 49.3 Å². The molecule has 0 bridgehead atoms. The van der Waals surface area contributed by atoms with Gasteiger partial charge in [0, 0.05) is 11.2 Å². The smallest absolute Gasteiger partial charge is 0.261 e. The fraction of sp³-hybridized carbons (Fsp3) is 0.438. The Bertz CT molecular complexity index is 568. The lowest BCUT2D eigenvalue weighted by Crippen LogP contribution is -2.35. The summed E-state index contributed by atoms with van der Waals surface area (Å²) in [5.41, 5.74) is 0. The van der Waals surface area contributed by atoms with Crippen molar-refractivity contribution in [3.05, 3.63) is 35.2 Å². The first-order valence-corrected chi connectivity index (χ1v) is 8.00. The second-order valence-electron chi connectivity index (χ2n) is 5.47. The van der Waals surface area contributed by atoms with Crippen LogP contribution in [0.2, 0.25) is 0 Å². The molecule has 1 fully saturated rings. The highest BCUT2D eigenvalue weighted by Gasteiger charge is 2.23. The van der Waals surface area contributed by atoms with Gasteiger partial charge in [-0.2, -0.15) is 0 Å². The molecule has 1 aliphatic rings. The van der Waals surface area contributed by atoms with E-state index in [1.54, 1.807) is 0 Å². The fourth-order valence-corrected chi connectivity index (χ4v) is 3.87. The molecule has 20 heavy (non-hydrogen) atoms. The summed E-state index contributed by atoms with van der Waals surface area (Å²) in [4.78, 5) is 12.8. The third-order valence-electron chi connectivity index (χ3n) is 4.07. The van der Waals surface area contributed by atoms with Crippen LogP contribution in [0, 0.1) is 5.92 Å². The molecular weight excluding hydrogens is 270 g/mol. The Kier molecular flexibility index (Phi) is 4.03. The molecular formula is C16H19NO2S. The van der Waals surface area contributed by atoms with Crippen LogP contribution in [0.25, 0.3) is 10.1 Å². The maximum atomic E-state index is 12.1. The zero-order chi connectivity index (χ0) is 13.9. The Hall–Kier alpha value is -1.39. The molecule has 0 spiro atoms. The van der Waals surface area contributed by atoms with Crippen molar-refractivity contribution in [2.24, 2.45) is 5.92 Å². The number of fused-ring (bicyclic) bond motifs is 1. The summed E-state index contributed by atoms with van der Waals surface area (Å²) in [5, 5.41) is 14.0. The van der Waals surface area contributed by atoms with Crippen LogP contribution in [-0.2, 0) is 0 Å². The van der Waals surface area contributed by atoms with E-state index < -0.39 is 6.10 Å². The predicted molar refractivity (Wildman–Crippen MR) is 82.1 cm³/mol. The van der Waals surface area contributed by atoms with Gasteiger partial charge in [0.25, 0.3) is 5.91 Å². The minimum absolute atomic E-state index is 0.0803. The molecule has 1 unspecified atom stereocenters. The van der Waals surface area contributed by atoms with E-state index in [0.717, 1.165) is 22.9 Å². The molecule has 1 aromatic heterocycles. The molecule has 0 saturated heterocycles. The molecule has 1 heterocycles. The van der Waals surface area contributed by atoms with Crippen molar-refractivity contribution in [3.8, 4) is 0 Å². The summed E-state index contributed by atoms with van der Waals surface area (Å²) in [6, 6.07) is 9.89. The van der Waals surface area contributed by atoms with Gasteiger partial charge in [0.05, 0.1) is 11.0 Å². The highest BCUT2D eigenvalue weighted by Crippen LogP contribution is 2.28. The number of aliphatic hydroxyl groups excluding tert-OH is 1. The minimum Gasteiger partial charge on any atom is -0.391 e. The summed E-state index contributed by atoms with van der Waals surface area (Å²) in [6.07, 6.45) is 4.16. The first-order chi connectivity index (χ1) is 9.74. The second kappa shape index (κ2) is 5.94. The Labute approximate surface area is 122 Å². The molecule has 4 heteroatoms. The van der Waals surface area contributed by atoms with Gasteiger partial charge in [-0.25, -0.2) is 0 Å². The monoisotopic (exact) mass is 289 g/mol. The van der Waals surface area contributed by atoms with Crippen molar-refractivity contribution in [1.29, 1.82) is 0 Å². The van der Waals surface area contributed by atoms with Crippen LogP contribution < -0.4 is 5.32 Å². The summed E-state index contributed by atoms with van der Waals surface area (Å²) < 4.78 is 1.12. The SMILES string of the molecule is O=C(NCC(O)C1CCCC1)c1cc2ccccc2s1. The molecule has 3 rings (SSSR count). The van der Waals surface area contributed by atoms with Gasteiger partial charge in [0.1, 0.15) is 0 Å². The largest absolute Gasteiger partial charge is 0.391 e. The maximum absolute atomic E-state index is 12.1. The zero-order valence-corrected chi connectivity index (χ0v) is 12.2. The summed E-state index contributed by atoms with van der Waals surface area (Å²) in [7, 11) is 0. The van der Waals surface area contributed by atoms with Crippen LogP contribution in [0.5, 0.6) is 0 Å². The molecule has 1 aromatic carbocycles. The molecule has 0 radical (unpaired) electrons. The quantitative estimate of drug-likeness (QED) is 0.908. The number of benzene rings is 1. The van der Waals surface area contributed by atoms with Crippen molar-refractivity contribution >= 4 is 27.3 Å². The van der Waals surface area contributed by atoms with E-state index in [4.69, 9.17) is 0 Å². The lowest BCUT2D eigenvalue weighted by Gasteiger charge is -2.17. The van der Waals surface area contributed by atoms with Gasteiger partial charge in [-0.15, -0.1) is 11.3 Å². The van der Waals surface area contributed by atoms with Crippen molar-refractivity contribution in [3.63, 3.8) is 0 Å². The third kappa shape index (κ3) is 2.86. The number of aliphatic hydroxyl groups is 1. The highest BCUT2D eigenvalue weighted by molar-refractivity contribution is 7.20. The zero-order valence-electron chi connectivity index (χ0n) is 11.3. The Morgan fingerprint density at radius 3 is 2.85 bits per heavy atom. The van der Waals surface area contributed by atoms with E-state index in [2.05, 4.69) is 5.32 Å². The van der Waals surface area contributed by atoms with Crippen LogP contribution in [0.4, 0.5) is 0 Å². The molecule has 1 amide bonds. The van der Waals surface area contributed by atoms with Gasteiger partial charge in [-0.1, -0.05) is 31.0 Å². The average Bonchev–Trinajstić information content (AvgIpc) is 3.12. The van der Waals surface area contributed by atoms with Crippen molar-refractivity contribution in [2.45, 2.75) is 31.8 Å². The predicted octanol–water partition coefficient (Wildman–Crippen LogP) is 3.18. The van der Waals surface area contributed by atoms with Gasteiger partial charge in [-0.05, 0) is 36.3 Å². The Balaban J connectivity index is 1.61. The number of carbonyl (C=O) groups excluding carboxylic acids is 1. The molecule has 0 aliphatic heterocycles. The first kappa shape index (κ1) is 13.6.